The van der Waals surface area contributed by atoms with Crippen molar-refractivity contribution in [3.05, 3.63) is 0 Å². The molecule has 0 rings (SSSR count). The predicted octanol–water partition coefficient (Wildman–Crippen LogP) is -2.81. The van der Waals surface area contributed by atoms with Gasteiger partial charge < -0.3 is 16.7 Å². The molecule has 0 fully saturated rings. The zero-order chi connectivity index (χ0) is 6.62. The van der Waals surface area contributed by atoms with Gasteiger partial charge in [-0.05, 0) is 13.0 Å². The molecule has 0 atom stereocenters. The molecule has 0 spiro atoms. The first-order valence-electron chi connectivity index (χ1n) is 2.21. The monoisotopic (exact) mass is 198 g/mol. The van der Waals surface area contributed by atoms with Gasteiger partial charge in [-0.25, -0.2) is 0 Å². The van der Waals surface area contributed by atoms with Crippen LogP contribution in [0.25, 0.3) is 0 Å². The van der Waals surface area contributed by atoms with Crippen molar-refractivity contribution in [1.82, 2.24) is 0 Å². The number of rotatable bonds is 3. The molecule has 0 aliphatic carbocycles. The second-order valence-electron chi connectivity index (χ2n) is 1.43. The number of nitrogens with two attached hydrogens (primary N) is 1. The summed E-state index contributed by atoms with van der Waals surface area (Å²) in [5.74, 6) is -0.233. The summed E-state index contributed by atoms with van der Waals surface area (Å²) in [5.41, 5.74) is 4.96. The molecular weight excluding hydrogens is 185 g/mol. The molecule has 8 heteroatoms. The first-order chi connectivity index (χ1) is 3.56. The Morgan fingerprint density at radius 2 is 1.64 bits per heavy atom. The molecule has 67 valence electrons. The molecule has 0 bridgehead atoms. The van der Waals surface area contributed by atoms with E-state index in [1.165, 1.54) is 0 Å². The van der Waals surface area contributed by atoms with Crippen molar-refractivity contribution in [3.63, 3.8) is 0 Å². The van der Waals surface area contributed by atoms with Crippen LogP contribution in [0.1, 0.15) is 6.42 Å². The second kappa shape index (κ2) is 10.8. The number of hydrogen-bond acceptors (Lipinski definition) is 3. The van der Waals surface area contributed by atoms with Crippen LogP contribution in [-0.2, 0) is 10.1 Å². The fourth-order valence-electron chi connectivity index (χ4n) is 0.266. The predicted molar refractivity (Wildman–Crippen MR) is 43.1 cm³/mol. The Kier molecular flexibility index (Phi) is 22.2. The third-order valence-corrected chi connectivity index (χ3v) is 1.41. The van der Waals surface area contributed by atoms with Crippen LogP contribution in [-0.4, -0.2) is 65.8 Å². The summed E-state index contributed by atoms with van der Waals surface area (Å²) in [6.07, 6.45) is 0.318. The van der Waals surface area contributed by atoms with Gasteiger partial charge in [0.1, 0.15) is 0 Å². The van der Waals surface area contributed by atoms with E-state index in [9.17, 15) is 8.42 Å². The molecule has 6 nitrogen and oxygen atoms in total. The molecule has 11 heavy (non-hydrogen) atoms. The minimum atomic E-state index is -3.77. The van der Waals surface area contributed by atoms with E-state index in [2.05, 4.69) is 0 Å². The number of hydrogen-bond donors (Lipinski definition) is 2. The third-order valence-electron chi connectivity index (χ3n) is 0.606. The van der Waals surface area contributed by atoms with Crippen molar-refractivity contribution in [2.45, 2.75) is 6.42 Å². The van der Waals surface area contributed by atoms with Crippen LogP contribution in [0.15, 0.2) is 0 Å². The molecule has 0 unspecified atom stereocenters. The summed E-state index contributed by atoms with van der Waals surface area (Å²) in [5, 5.41) is 0. The van der Waals surface area contributed by atoms with Gasteiger partial charge in [0.2, 0.25) is 0 Å². The fraction of sp³-hybridized carbons (Fsp3) is 1.00. The molecule has 0 aromatic heterocycles. The van der Waals surface area contributed by atoms with Gasteiger partial charge in [-0.1, -0.05) is 0 Å². The zero-order valence-corrected chi connectivity index (χ0v) is 9.19. The molecule has 0 aliphatic heterocycles. The maximum atomic E-state index is 9.89. The van der Waals surface area contributed by atoms with E-state index < -0.39 is 10.1 Å². The van der Waals surface area contributed by atoms with Crippen LogP contribution in [0, 0.1) is 0 Å². The van der Waals surface area contributed by atoms with Gasteiger partial charge in [-0.2, -0.15) is 8.42 Å². The van der Waals surface area contributed by atoms with Crippen LogP contribution in [0.3, 0.4) is 0 Å². The van der Waals surface area contributed by atoms with E-state index in [0.717, 1.165) is 0 Å². The summed E-state index contributed by atoms with van der Waals surface area (Å²) in [6, 6.07) is 0. The fourth-order valence-corrected chi connectivity index (χ4v) is 0.797. The normalized spacial score (nSPS) is 8.55. The first-order valence-corrected chi connectivity index (χ1v) is 3.82. The molecule has 0 saturated heterocycles. The Hall–Kier alpha value is 0.790. The average Bonchev–Trinajstić information content (AvgIpc) is 1.59. The van der Waals surface area contributed by atoms with E-state index in [1.807, 2.05) is 0 Å². The summed E-state index contributed by atoms with van der Waals surface area (Å²) in [7, 11) is -3.77. The Labute approximate surface area is 87.8 Å². The third kappa shape index (κ3) is 24.9. The van der Waals surface area contributed by atoms with E-state index in [-0.39, 0.29) is 46.3 Å². The molecule has 0 heterocycles. The van der Waals surface area contributed by atoms with Gasteiger partial charge in [0.15, 0.2) is 0 Å². The van der Waals surface area contributed by atoms with Crippen LogP contribution < -0.4 is 5.73 Å². The van der Waals surface area contributed by atoms with Crippen LogP contribution in [0.5, 0.6) is 0 Å². The zero-order valence-electron chi connectivity index (χ0n) is 6.37. The van der Waals surface area contributed by atoms with Gasteiger partial charge in [0, 0.05) is 29.6 Å². The largest absolute Gasteiger partial charge is 0.412 e. The average molecular weight is 198 g/mol. The molecule has 0 aromatic carbocycles. The smallest absolute Gasteiger partial charge is 0.264 e. The van der Waals surface area contributed by atoms with E-state index in [0.29, 0.717) is 13.0 Å². The summed E-state index contributed by atoms with van der Waals surface area (Å²) in [6.45, 7) is 0.291. The van der Waals surface area contributed by atoms with Crippen molar-refractivity contribution in [3.8, 4) is 0 Å². The van der Waals surface area contributed by atoms with E-state index in [4.69, 9.17) is 10.3 Å². The van der Waals surface area contributed by atoms with Crippen LogP contribution in [0.2, 0.25) is 0 Å². The molecule has 0 amide bonds. The molecule has 7 N–H and O–H groups in total. The van der Waals surface area contributed by atoms with Gasteiger partial charge in [0.05, 0.1) is 5.75 Å². The summed E-state index contributed by atoms with van der Waals surface area (Å²) >= 11 is 0. The Morgan fingerprint density at radius 3 is 1.73 bits per heavy atom. The Balaban J connectivity index is -0.0000000817. The van der Waals surface area contributed by atoms with Crippen molar-refractivity contribution >= 4 is 39.7 Å². The van der Waals surface area contributed by atoms with Gasteiger partial charge in [-0.15, -0.1) is 0 Å². The minimum absolute atomic E-state index is 0. The maximum Gasteiger partial charge on any atom is 0.264 e. The van der Waals surface area contributed by atoms with Gasteiger partial charge >= 0.3 is 0 Å². The minimum Gasteiger partial charge on any atom is -0.412 e. The van der Waals surface area contributed by atoms with Crippen molar-refractivity contribution in [1.29, 1.82) is 0 Å². The Morgan fingerprint density at radius 1 is 1.27 bits per heavy atom. The molecule has 0 saturated carbocycles. The standard InChI is InChI=1S/C3H9NO3S.Na.2H2O/c4-2-1-3-8(5,6)7;;;/h1-4H2,(H,5,6,7);;2*1H2. The maximum absolute atomic E-state index is 9.89. The van der Waals surface area contributed by atoms with Crippen molar-refractivity contribution in [2.24, 2.45) is 5.73 Å². The molecule has 0 aliphatic rings. The SMILES string of the molecule is NCCCS(=O)(=O)O.O.O.[Na]. The molecular formula is C3H13NNaO5S. The van der Waals surface area contributed by atoms with Crippen LogP contribution >= 0.6 is 0 Å². The molecule has 0 aromatic rings. The summed E-state index contributed by atoms with van der Waals surface area (Å²) in [4.78, 5) is 0. The van der Waals surface area contributed by atoms with Crippen molar-refractivity contribution < 1.29 is 23.9 Å². The van der Waals surface area contributed by atoms with E-state index >= 15 is 0 Å². The van der Waals surface area contributed by atoms with Crippen molar-refractivity contribution in [2.75, 3.05) is 12.3 Å². The second-order valence-corrected chi connectivity index (χ2v) is 3.00. The van der Waals surface area contributed by atoms with Gasteiger partial charge in [-0.3, -0.25) is 4.55 Å². The topological polar surface area (TPSA) is 143 Å². The quantitative estimate of drug-likeness (QED) is 0.372. The van der Waals surface area contributed by atoms with E-state index in [1.54, 1.807) is 0 Å². The summed E-state index contributed by atoms with van der Waals surface area (Å²) < 4.78 is 27.8. The molecule has 1 radical (unpaired) electrons. The van der Waals surface area contributed by atoms with Gasteiger partial charge in [0.25, 0.3) is 10.1 Å². The Bertz CT molecular complexity index is 146. The van der Waals surface area contributed by atoms with Crippen LogP contribution in [0.4, 0.5) is 0 Å². The first kappa shape index (κ1) is 22.6.